The fourth-order valence-electron chi connectivity index (χ4n) is 6.43. The molecule has 4 aliphatic carbocycles. The summed E-state index contributed by atoms with van der Waals surface area (Å²) >= 11 is 4.07. The van der Waals surface area contributed by atoms with Gasteiger partial charge >= 0.3 is 0 Å². The summed E-state index contributed by atoms with van der Waals surface area (Å²) in [5.41, 5.74) is 0.335. The van der Waals surface area contributed by atoms with Gasteiger partial charge in [-0.3, -0.25) is 4.79 Å². The van der Waals surface area contributed by atoms with Gasteiger partial charge in [-0.25, -0.2) is 0 Å². The number of carbonyl (C=O) groups excluding carboxylic acids is 1. The maximum Gasteiger partial charge on any atom is 0.223 e. The van der Waals surface area contributed by atoms with Gasteiger partial charge in [0.15, 0.2) is 0 Å². The summed E-state index contributed by atoms with van der Waals surface area (Å²) in [5, 5.41) is 0. The van der Waals surface area contributed by atoms with Gasteiger partial charge in [-0.1, -0.05) is 15.9 Å². The molecule has 4 bridgehead atoms. The molecule has 0 aromatic carbocycles. The smallest absolute Gasteiger partial charge is 0.223 e. The zero-order chi connectivity index (χ0) is 14.7. The number of halogens is 1. The molecule has 3 atom stereocenters. The Kier molecular flexibility index (Phi) is 3.44. The van der Waals surface area contributed by atoms with Gasteiger partial charge in [-0.05, 0) is 82.0 Å². The fraction of sp³-hybridized carbons (Fsp3) is 0.944. The van der Waals surface area contributed by atoms with E-state index in [0.29, 0.717) is 21.7 Å². The zero-order valence-electron chi connectivity index (χ0n) is 13.2. The summed E-state index contributed by atoms with van der Waals surface area (Å²) in [5.74, 6) is 2.23. The van der Waals surface area contributed by atoms with Gasteiger partial charge in [0.25, 0.3) is 0 Å². The number of amides is 1. The monoisotopic (exact) mass is 353 g/mol. The molecule has 3 unspecified atom stereocenters. The van der Waals surface area contributed by atoms with Crippen molar-refractivity contribution in [2.24, 2.45) is 17.3 Å². The van der Waals surface area contributed by atoms with Crippen LogP contribution in [0.4, 0.5) is 0 Å². The van der Waals surface area contributed by atoms with Gasteiger partial charge in [-0.15, -0.1) is 0 Å². The standard InChI is InChI=1S/C18H28BrNO/c1-13-4-2-3-5-20(13)16(21)11-17-7-14-6-15(8-17)10-18(19,9-14)12-17/h13-15H,2-12H2,1H3. The largest absolute Gasteiger partial charge is 0.340 e. The lowest BCUT2D eigenvalue weighted by atomic mass is 9.48. The van der Waals surface area contributed by atoms with Crippen LogP contribution in [0.5, 0.6) is 0 Å². The lowest BCUT2D eigenvalue weighted by Crippen LogP contribution is -2.54. The lowest BCUT2D eigenvalue weighted by Gasteiger charge is -2.60. The van der Waals surface area contributed by atoms with Crippen molar-refractivity contribution in [3.8, 4) is 0 Å². The highest BCUT2D eigenvalue weighted by atomic mass is 79.9. The van der Waals surface area contributed by atoms with Crippen molar-refractivity contribution in [3.63, 3.8) is 0 Å². The van der Waals surface area contributed by atoms with E-state index in [4.69, 9.17) is 0 Å². The van der Waals surface area contributed by atoms with E-state index in [1.807, 2.05) is 0 Å². The van der Waals surface area contributed by atoms with E-state index >= 15 is 0 Å². The Morgan fingerprint density at radius 2 is 1.90 bits per heavy atom. The van der Waals surface area contributed by atoms with Gasteiger partial charge in [0.2, 0.25) is 5.91 Å². The summed E-state index contributed by atoms with van der Waals surface area (Å²) < 4.78 is 0.380. The van der Waals surface area contributed by atoms with Crippen LogP contribution in [0.3, 0.4) is 0 Å². The maximum absolute atomic E-state index is 12.9. The Morgan fingerprint density at radius 3 is 2.52 bits per heavy atom. The van der Waals surface area contributed by atoms with Crippen molar-refractivity contribution in [1.82, 2.24) is 4.90 Å². The number of rotatable bonds is 2. The number of hydrogen-bond donors (Lipinski definition) is 0. The first-order valence-corrected chi connectivity index (χ1v) is 9.75. The second kappa shape index (κ2) is 4.97. The minimum atomic E-state index is 0.335. The summed E-state index contributed by atoms with van der Waals surface area (Å²) in [4.78, 5) is 15.1. The van der Waals surface area contributed by atoms with Crippen molar-refractivity contribution in [2.45, 2.75) is 81.5 Å². The van der Waals surface area contributed by atoms with E-state index in [1.165, 1.54) is 57.8 Å². The summed E-state index contributed by atoms with van der Waals surface area (Å²) in [6.45, 7) is 3.24. The number of hydrogen-bond acceptors (Lipinski definition) is 1. The second-order valence-electron chi connectivity index (χ2n) is 8.72. The highest BCUT2D eigenvalue weighted by Crippen LogP contribution is 2.65. The van der Waals surface area contributed by atoms with E-state index in [-0.39, 0.29) is 0 Å². The van der Waals surface area contributed by atoms with E-state index in [1.54, 1.807) is 0 Å². The van der Waals surface area contributed by atoms with Crippen LogP contribution in [0.1, 0.15) is 71.1 Å². The molecular formula is C18H28BrNO. The quantitative estimate of drug-likeness (QED) is 0.668. The predicted octanol–water partition coefficient (Wildman–Crippen LogP) is 4.51. The number of carbonyl (C=O) groups is 1. The maximum atomic E-state index is 12.9. The number of alkyl halides is 1. The molecule has 3 heteroatoms. The molecule has 1 aliphatic heterocycles. The van der Waals surface area contributed by atoms with E-state index in [0.717, 1.165) is 24.8 Å². The summed E-state index contributed by atoms with van der Waals surface area (Å²) in [6, 6.07) is 0.470. The van der Waals surface area contributed by atoms with E-state index in [2.05, 4.69) is 27.8 Å². The van der Waals surface area contributed by atoms with Gasteiger partial charge in [0.05, 0.1) is 0 Å². The third kappa shape index (κ3) is 2.58. The third-order valence-electron chi connectivity index (χ3n) is 6.76. The molecule has 21 heavy (non-hydrogen) atoms. The van der Waals surface area contributed by atoms with Crippen molar-refractivity contribution < 1.29 is 4.79 Å². The normalized spacial score (nSPS) is 48.7. The van der Waals surface area contributed by atoms with Gasteiger partial charge in [-0.2, -0.15) is 0 Å². The van der Waals surface area contributed by atoms with Crippen molar-refractivity contribution in [2.75, 3.05) is 6.54 Å². The highest BCUT2D eigenvalue weighted by molar-refractivity contribution is 9.10. The number of likely N-dealkylation sites (tertiary alicyclic amines) is 1. The van der Waals surface area contributed by atoms with Gasteiger partial charge < -0.3 is 4.90 Å². The molecule has 0 spiro atoms. The van der Waals surface area contributed by atoms with Crippen LogP contribution < -0.4 is 0 Å². The van der Waals surface area contributed by atoms with Crippen LogP contribution in [0.2, 0.25) is 0 Å². The topological polar surface area (TPSA) is 20.3 Å². The Morgan fingerprint density at radius 1 is 1.19 bits per heavy atom. The Bertz CT molecular complexity index is 434. The minimum absolute atomic E-state index is 0.335. The Balaban J connectivity index is 1.50. The summed E-state index contributed by atoms with van der Waals surface area (Å²) in [6.07, 6.45) is 12.6. The van der Waals surface area contributed by atoms with Crippen molar-refractivity contribution in [1.29, 1.82) is 0 Å². The van der Waals surface area contributed by atoms with Crippen molar-refractivity contribution in [3.05, 3.63) is 0 Å². The first kappa shape index (κ1) is 14.5. The molecule has 5 rings (SSSR count). The second-order valence-corrected chi connectivity index (χ2v) is 10.4. The van der Waals surface area contributed by atoms with Crippen LogP contribution in [0, 0.1) is 17.3 Å². The van der Waals surface area contributed by atoms with Gasteiger partial charge in [0.1, 0.15) is 0 Å². The predicted molar refractivity (Wildman–Crippen MR) is 88.4 cm³/mol. The van der Waals surface area contributed by atoms with Gasteiger partial charge in [0, 0.05) is 23.3 Å². The zero-order valence-corrected chi connectivity index (χ0v) is 14.8. The Labute approximate surface area is 137 Å². The molecule has 5 fully saturated rings. The first-order valence-electron chi connectivity index (χ1n) is 8.95. The first-order chi connectivity index (χ1) is 9.97. The molecule has 5 aliphatic rings. The molecule has 1 saturated heterocycles. The fourth-order valence-corrected chi connectivity index (χ4v) is 7.94. The van der Waals surface area contributed by atoms with Crippen LogP contribution in [0.15, 0.2) is 0 Å². The molecule has 4 saturated carbocycles. The van der Waals surface area contributed by atoms with Crippen LogP contribution in [-0.4, -0.2) is 27.7 Å². The molecule has 2 nitrogen and oxygen atoms in total. The molecule has 0 aromatic heterocycles. The van der Waals surface area contributed by atoms with Crippen LogP contribution in [0.25, 0.3) is 0 Å². The molecule has 0 N–H and O–H groups in total. The summed E-state index contributed by atoms with van der Waals surface area (Å²) in [7, 11) is 0. The molecular weight excluding hydrogens is 326 g/mol. The number of piperidine rings is 1. The molecule has 1 amide bonds. The SMILES string of the molecule is CC1CCCCN1C(=O)CC12CC3CC(CC(Br)(C3)C1)C2. The molecule has 0 aromatic rings. The average Bonchev–Trinajstić information content (AvgIpc) is 2.35. The highest BCUT2D eigenvalue weighted by Gasteiger charge is 2.57. The van der Waals surface area contributed by atoms with E-state index in [9.17, 15) is 4.79 Å². The third-order valence-corrected chi connectivity index (χ3v) is 7.69. The lowest BCUT2D eigenvalue weighted by molar-refractivity contribution is -0.141. The minimum Gasteiger partial charge on any atom is -0.340 e. The van der Waals surface area contributed by atoms with Crippen LogP contribution in [-0.2, 0) is 4.79 Å². The van der Waals surface area contributed by atoms with Crippen LogP contribution >= 0.6 is 15.9 Å². The molecule has 1 heterocycles. The average molecular weight is 354 g/mol. The van der Waals surface area contributed by atoms with E-state index < -0.39 is 0 Å². The Hall–Kier alpha value is -0.0500. The molecule has 118 valence electrons. The molecule has 0 radical (unpaired) electrons. The number of nitrogens with zero attached hydrogens (tertiary/aromatic N) is 1. The van der Waals surface area contributed by atoms with Crippen molar-refractivity contribution >= 4 is 21.8 Å².